The molecule has 5 rings (SSSR count). The first kappa shape index (κ1) is 19.6. The molecule has 0 amide bonds. The number of aromatic nitrogens is 2. The summed E-state index contributed by atoms with van der Waals surface area (Å²) in [5.41, 5.74) is 6.90. The first-order valence-electron chi connectivity index (χ1n) is 10.8. The Morgan fingerprint density at radius 1 is 0.871 bits per heavy atom. The zero-order valence-corrected chi connectivity index (χ0v) is 18.2. The van der Waals surface area contributed by atoms with Gasteiger partial charge in [0.05, 0.1) is 23.9 Å². The molecule has 1 aromatic heterocycles. The third-order valence-corrected chi connectivity index (χ3v) is 5.86. The standard InChI is InChI=1S/C26H28N4O/c1-18-16-30(17-19(2)31-18)25-9-5-8-24(14-25)28-23-7-4-6-20(13-23)21-10-11-26-22(12-21)15-27-29(26)3/h4-15,18-19,28H,16-17H2,1-3H3/t18-,19+. The minimum Gasteiger partial charge on any atom is -0.372 e. The fraction of sp³-hybridized carbons (Fsp3) is 0.269. The van der Waals surface area contributed by atoms with Crippen molar-refractivity contribution in [2.24, 2.45) is 7.05 Å². The Kier molecular flexibility index (Phi) is 5.12. The molecule has 31 heavy (non-hydrogen) atoms. The van der Waals surface area contributed by atoms with E-state index in [1.54, 1.807) is 0 Å². The van der Waals surface area contributed by atoms with E-state index in [1.165, 1.54) is 16.8 Å². The van der Waals surface area contributed by atoms with Crippen LogP contribution in [0.1, 0.15) is 13.8 Å². The smallest absolute Gasteiger partial charge is 0.0726 e. The van der Waals surface area contributed by atoms with Gasteiger partial charge in [-0.25, -0.2) is 0 Å². The van der Waals surface area contributed by atoms with Crippen LogP contribution in [0, 0.1) is 0 Å². The maximum atomic E-state index is 5.88. The average molecular weight is 413 g/mol. The van der Waals surface area contributed by atoms with Crippen molar-refractivity contribution in [3.63, 3.8) is 0 Å². The highest BCUT2D eigenvalue weighted by atomic mass is 16.5. The van der Waals surface area contributed by atoms with E-state index in [1.807, 2.05) is 17.9 Å². The highest BCUT2D eigenvalue weighted by Gasteiger charge is 2.22. The summed E-state index contributed by atoms with van der Waals surface area (Å²) in [6, 6.07) is 23.7. The Morgan fingerprint density at radius 2 is 1.58 bits per heavy atom. The van der Waals surface area contributed by atoms with Gasteiger partial charge in [-0.05, 0) is 67.4 Å². The number of nitrogens with zero attached hydrogens (tertiary/aromatic N) is 3. The van der Waals surface area contributed by atoms with Gasteiger partial charge < -0.3 is 15.0 Å². The van der Waals surface area contributed by atoms with Crippen molar-refractivity contribution in [2.75, 3.05) is 23.3 Å². The van der Waals surface area contributed by atoms with Crippen LogP contribution < -0.4 is 10.2 Å². The van der Waals surface area contributed by atoms with Gasteiger partial charge >= 0.3 is 0 Å². The van der Waals surface area contributed by atoms with Gasteiger partial charge in [-0.15, -0.1) is 0 Å². The lowest BCUT2D eigenvalue weighted by molar-refractivity contribution is -0.00521. The van der Waals surface area contributed by atoms with E-state index in [0.717, 1.165) is 35.4 Å². The lowest BCUT2D eigenvalue weighted by Crippen LogP contribution is -2.45. The van der Waals surface area contributed by atoms with Gasteiger partial charge in [-0.1, -0.05) is 24.3 Å². The molecule has 158 valence electrons. The summed E-state index contributed by atoms with van der Waals surface area (Å²) in [7, 11) is 1.97. The molecule has 0 bridgehead atoms. The van der Waals surface area contributed by atoms with Crippen LogP contribution in [0.4, 0.5) is 17.1 Å². The molecule has 0 spiro atoms. The molecular formula is C26H28N4O. The van der Waals surface area contributed by atoms with Crippen molar-refractivity contribution in [1.29, 1.82) is 0 Å². The highest BCUT2D eigenvalue weighted by Crippen LogP contribution is 2.29. The van der Waals surface area contributed by atoms with E-state index in [4.69, 9.17) is 4.74 Å². The number of nitrogens with one attached hydrogen (secondary N) is 1. The molecule has 1 fully saturated rings. The van der Waals surface area contributed by atoms with Crippen LogP contribution in [0.5, 0.6) is 0 Å². The normalized spacial score (nSPS) is 19.0. The second kappa shape index (κ2) is 8.08. The number of benzene rings is 3. The van der Waals surface area contributed by atoms with Gasteiger partial charge in [0, 0.05) is 42.6 Å². The van der Waals surface area contributed by atoms with E-state index in [-0.39, 0.29) is 12.2 Å². The van der Waals surface area contributed by atoms with Crippen LogP contribution in [0.2, 0.25) is 0 Å². The van der Waals surface area contributed by atoms with Gasteiger partial charge in [0.1, 0.15) is 0 Å². The fourth-order valence-electron chi connectivity index (χ4n) is 4.46. The summed E-state index contributed by atoms with van der Waals surface area (Å²) < 4.78 is 7.79. The Bertz CT molecular complexity index is 1200. The molecular weight excluding hydrogens is 384 g/mol. The average Bonchev–Trinajstić information content (AvgIpc) is 3.14. The molecule has 2 atom stereocenters. The van der Waals surface area contributed by atoms with Crippen LogP contribution >= 0.6 is 0 Å². The minimum absolute atomic E-state index is 0.245. The highest BCUT2D eigenvalue weighted by molar-refractivity contribution is 5.85. The van der Waals surface area contributed by atoms with Gasteiger partial charge in [0.2, 0.25) is 0 Å². The van der Waals surface area contributed by atoms with E-state index in [0.29, 0.717) is 0 Å². The molecule has 0 aliphatic carbocycles. The number of hydrogen-bond acceptors (Lipinski definition) is 4. The molecule has 0 radical (unpaired) electrons. The Hall–Kier alpha value is -3.31. The largest absolute Gasteiger partial charge is 0.372 e. The molecule has 1 aliphatic heterocycles. The van der Waals surface area contributed by atoms with Crippen LogP contribution in [0.25, 0.3) is 22.0 Å². The Balaban J connectivity index is 1.38. The fourth-order valence-corrected chi connectivity index (χ4v) is 4.46. The first-order chi connectivity index (χ1) is 15.0. The van der Waals surface area contributed by atoms with Crippen LogP contribution in [-0.4, -0.2) is 35.1 Å². The second-order valence-electron chi connectivity index (χ2n) is 8.46. The van der Waals surface area contributed by atoms with Crippen LogP contribution in [0.3, 0.4) is 0 Å². The second-order valence-corrected chi connectivity index (χ2v) is 8.46. The number of morpholine rings is 1. The van der Waals surface area contributed by atoms with E-state index >= 15 is 0 Å². The van der Waals surface area contributed by atoms with Crippen molar-refractivity contribution >= 4 is 28.0 Å². The van der Waals surface area contributed by atoms with Crippen molar-refractivity contribution in [2.45, 2.75) is 26.1 Å². The first-order valence-corrected chi connectivity index (χ1v) is 10.8. The summed E-state index contributed by atoms with van der Waals surface area (Å²) in [6.07, 6.45) is 2.41. The molecule has 1 N–H and O–H groups in total. The molecule has 0 unspecified atom stereocenters. The molecule has 1 aliphatic rings. The van der Waals surface area contributed by atoms with Crippen LogP contribution in [0.15, 0.2) is 72.9 Å². The number of anilines is 3. The van der Waals surface area contributed by atoms with E-state index < -0.39 is 0 Å². The van der Waals surface area contributed by atoms with Gasteiger partial charge in [0.25, 0.3) is 0 Å². The summed E-state index contributed by atoms with van der Waals surface area (Å²) in [6.45, 7) is 6.11. The number of rotatable bonds is 4. The zero-order chi connectivity index (χ0) is 21.4. The Labute approximate surface area is 183 Å². The van der Waals surface area contributed by atoms with E-state index in [9.17, 15) is 0 Å². The maximum Gasteiger partial charge on any atom is 0.0726 e. The monoisotopic (exact) mass is 412 g/mol. The summed E-state index contributed by atoms with van der Waals surface area (Å²) in [4.78, 5) is 2.41. The quantitative estimate of drug-likeness (QED) is 0.474. The van der Waals surface area contributed by atoms with Crippen molar-refractivity contribution in [3.8, 4) is 11.1 Å². The summed E-state index contributed by atoms with van der Waals surface area (Å²) in [5, 5.41) is 9.09. The molecule has 0 saturated carbocycles. The van der Waals surface area contributed by atoms with E-state index in [2.05, 4.69) is 95.9 Å². The maximum absolute atomic E-state index is 5.88. The summed E-state index contributed by atoms with van der Waals surface area (Å²) in [5.74, 6) is 0. The van der Waals surface area contributed by atoms with Crippen molar-refractivity contribution in [3.05, 3.63) is 72.9 Å². The minimum atomic E-state index is 0.245. The third-order valence-electron chi connectivity index (χ3n) is 5.86. The number of hydrogen-bond donors (Lipinski definition) is 1. The molecule has 5 heteroatoms. The Morgan fingerprint density at radius 3 is 2.39 bits per heavy atom. The molecule has 3 aromatic carbocycles. The number of fused-ring (bicyclic) bond motifs is 1. The molecule has 4 aromatic rings. The SMILES string of the molecule is C[C@@H]1CN(c2cccc(Nc3cccc(-c4ccc5c(cnn5C)c4)c3)c2)C[C@H](C)O1. The van der Waals surface area contributed by atoms with Gasteiger partial charge in [-0.3, -0.25) is 4.68 Å². The van der Waals surface area contributed by atoms with Crippen molar-refractivity contribution < 1.29 is 4.74 Å². The van der Waals surface area contributed by atoms with Crippen molar-refractivity contribution in [1.82, 2.24) is 9.78 Å². The predicted molar refractivity (Wildman–Crippen MR) is 128 cm³/mol. The predicted octanol–water partition coefficient (Wildman–Crippen LogP) is 5.60. The zero-order valence-electron chi connectivity index (χ0n) is 18.2. The number of aryl methyl sites for hydroxylation is 1. The molecule has 5 nitrogen and oxygen atoms in total. The number of ether oxygens (including phenoxy) is 1. The van der Waals surface area contributed by atoms with Crippen LogP contribution in [-0.2, 0) is 11.8 Å². The van der Waals surface area contributed by atoms with Gasteiger partial charge in [0.15, 0.2) is 0 Å². The topological polar surface area (TPSA) is 42.3 Å². The van der Waals surface area contributed by atoms with Gasteiger partial charge in [-0.2, -0.15) is 5.10 Å². The lowest BCUT2D eigenvalue weighted by Gasteiger charge is -2.37. The third kappa shape index (κ3) is 4.14. The molecule has 2 heterocycles. The molecule has 1 saturated heterocycles. The lowest BCUT2D eigenvalue weighted by atomic mass is 10.0. The summed E-state index contributed by atoms with van der Waals surface area (Å²) >= 11 is 0.